The zero-order valence-corrected chi connectivity index (χ0v) is 15.6. The number of carboxylic acid groups (broad SMARTS) is 1. The first-order valence-corrected chi connectivity index (χ1v) is 9.71. The third-order valence-corrected chi connectivity index (χ3v) is 4.34. The summed E-state index contributed by atoms with van der Waals surface area (Å²) in [6.07, 6.45) is 11.9. The maximum absolute atomic E-state index is 12.3. The normalized spacial score (nSPS) is 12.1. The first-order chi connectivity index (χ1) is 11.6. The van der Waals surface area contributed by atoms with E-state index in [1.807, 2.05) is 6.92 Å². The van der Waals surface area contributed by atoms with Crippen LogP contribution in [0.15, 0.2) is 0 Å². The Kier molecular flexibility index (Phi) is 14.7. The van der Waals surface area contributed by atoms with Gasteiger partial charge in [0.1, 0.15) is 6.04 Å². The number of hydrogen-bond donors (Lipinski definition) is 2. The highest BCUT2D eigenvalue weighted by Gasteiger charge is 2.27. The van der Waals surface area contributed by atoms with Gasteiger partial charge >= 0.3 is 5.97 Å². The molecule has 0 spiro atoms. The molecule has 0 aromatic rings. The van der Waals surface area contributed by atoms with E-state index in [9.17, 15) is 14.7 Å². The number of carbonyl (C=O) groups is 2. The molecule has 2 N–H and O–H groups in total. The smallest absolute Gasteiger partial charge is 0.326 e. The van der Waals surface area contributed by atoms with E-state index >= 15 is 0 Å². The lowest BCUT2D eigenvalue weighted by atomic mass is 10.1. The van der Waals surface area contributed by atoms with Crippen LogP contribution < -0.4 is 0 Å². The lowest BCUT2D eigenvalue weighted by Crippen LogP contribution is -2.46. The zero-order valence-electron chi connectivity index (χ0n) is 15.6. The molecule has 0 saturated heterocycles. The molecular formula is C19H37NO4. The van der Waals surface area contributed by atoms with Gasteiger partial charge < -0.3 is 15.1 Å². The number of aliphatic hydroxyl groups is 1. The van der Waals surface area contributed by atoms with Gasteiger partial charge in [-0.3, -0.25) is 4.79 Å². The van der Waals surface area contributed by atoms with Crippen LogP contribution in [0.2, 0.25) is 0 Å². The molecule has 0 saturated carbocycles. The summed E-state index contributed by atoms with van der Waals surface area (Å²) >= 11 is 0. The minimum Gasteiger partial charge on any atom is -0.480 e. The first-order valence-electron chi connectivity index (χ1n) is 9.71. The standard InChI is InChI=1S/C19H37NO4/c1-3-5-6-7-8-9-10-11-12-13-18(22)20(15-4-2)17(14-16-21)19(23)24/h17,21H,3-16H2,1-2H3,(H,23,24)/t17-/m0/s1. The average Bonchev–Trinajstić information content (AvgIpc) is 2.56. The Bertz CT molecular complexity index is 333. The van der Waals surface area contributed by atoms with Crippen LogP contribution in [0, 0.1) is 0 Å². The molecule has 24 heavy (non-hydrogen) atoms. The number of carboxylic acids is 1. The Morgan fingerprint density at radius 2 is 1.42 bits per heavy atom. The molecule has 0 aromatic heterocycles. The van der Waals surface area contributed by atoms with Crippen molar-refractivity contribution in [1.29, 1.82) is 0 Å². The van der Waals surface area contributed by atoms with Crippen molar-refractivity contribution in [2.45, 2.75) is 96.9 Å². The van der Waals surface area contributed by atoms with Gasteiger partial charge in [0.05, 0.1) is 0 Å². The maximum Gasteiger partial charge on any atom is 0.326 e. The number of aliphatic carboxylic acids is 1. The molecule has 0 unspecified atom stereocenters. The number of aliphatic hydroxyl groups excluding tert-OH is 1. The van der Waals surface area contributed by atoms with Crippen molar-refractivity contribution in [3.63, 3.8) is 0 Å². The van der Waals surface area contributed by atoms with Crippen molar-refractivity contribution in [1.82, 2.24) is 4.90 Å². The summed E-state index contributed by atoms with van der Waals surface area (Å²) in [7, 11) is 0. The summed E-state index contributed by atoms with van der Waals surface area (Å²) in [6.45, 7) is 4.36. The van der Waals surface area contributed by atoms with E-state index in [-0.39, 0.29) is 18.9 Å². The van der Waals surface area contributed by atoms with Crippen molar-refractivity contribution in [2.24, 2.45) is 0 Å². The number of unbranched alkanes of at least 4 members (excludes halogenated alkanes) is 8. The summed E-state index contributed by atoms with van der Waals surface area (Å²) in [5.41, 5.74) is 0. The Morgan fingerprint density at radius 1 is 0.875 bits per heavy atom. The lowest BCUT2D eigenvalue weighted by Gasteiger charge is -2.28. The molecule has 0 aliphatic rings. The van der Waals surface area contributed by atoms with Gasteiger partial charge in [-0.15, -0.1) is 0 Å². The predicted octanol–water partition coefficient (Wildman–Crippen LogP) is 3.98. The van der Waals surface area contributed by atoms with Gasteiger partial charge in [0.25, 0.3) is 0 Å². The van der Waals surface area contributed by atoms with E-state index in [0.29, 0.717) is 13.0 Å². The summed E-state index contributed by atoms with van der Waals surface area (Å²) < 4.78 is 0. The number of nitrogens with zero attached hydrogens (tertiary/aromatic N) is 1. The second-order valence-corrected chi connectivity index (χ2v) is 6.53. The molecule has 0 fully saturated rings. The fraction of sp³-hybridized carbons (Fsp3) is 0.895. The lowest BCUT2D eigenvalue weighted by molar-refractivity contribution is -0.151. The van der Waals surface area contributed by atoms with Crippen LogP contribution in [0.5, 0.6) is 0 Å². The van der Waals surface area contributed by atoms with E-state index in [1.54, 1.807) is 0 Å². The van der Waals surface area contributed by atoms with Crippen LogP contribution in [0.25, 0.3) is 0 Å². The Morgan fingerprint density at radius 3 is 1.88 bits per heavy atom. The van der Waals surface area contributed by atoms with Crippen molar-refractivity contribution < 1.29 is 19.8 Å². The largest absolute Gasteiger partial charge is 0.480 e. The number of amides is 1. The molecule has 142 valence electrons. The van der Waals surface area contributed by atoms with E-state index in [2.05, 4.69) is 6.92 Å². The monoisotopic (exact) mass is 343 g/mol. The molecule has 0 aromatic carbocycles. The molecular weight excluding hydrogens is 306 g/mol. The third-order valence-electron chi connectivity index (χ3n) is 4.34. The average molecular weight is 344 g/mol. The summed E-state index contributed by atoms with van der Waals surface area (Å²) in [4.78, 5) is 25.1. The van der Waals surface area contributed by atoms with Crippen LogP contribution >= 0.6 is 0 Å². The van der Waals surface area contributed by atoms with E-state index < -0.39 is 12.0 Å². The SMILES string of the molecule is CCCCCCCCCCCC(=O)N(CCC)[C@@H](CCO)C(=O)O. The molecule has 0 aliphatic carbocycles. The summed E-state index contributed by atoms with van der Waals surface area (Å²) in [6, 6.07) is -0.902. The minimum absolute atomic E-state index is 0.0961. The topological polar surface area (TPSA) is 77.8 Å². The van der Waals surface area contributed by atoms with Crippen molar-refractivity contribution in [3.8, 4) is 0 Å². The third kappa shape index (κ3) is 10.6. The quantitative estimate of drug-likeness (QED) is 0.416. The van der Waals surface area contributed by atoms with Crippen molar-refractivity contribution in [2.75, 3.05) is 13.2 Å². The zero-order chi connectivity index (χ0) is 18.2. The first kappa shape index (κ1) is 22.9. The van der Waals surface area contributed by atoms with Gasteiger partial charge in [-0.1, -0.05) is 65.2 Å². The minimum atomic E-state index is -1.03. The van der Waals surface area contributed by atoms with Gasteiger partial charge in [-0.2, -0.15) is 0 Å². The summed E-state index contributed by atoms with van der Waals surface area (Å²) in [5.74, 6) is -1.13. The highest BCUT2D eigenvalue weighted by molar-refractivity contribution is 5.83. The molecule has 0 heterocycles. The van der Waals surface area contributed by atoms with E-state index in [1.165, 1.54) is 43.4 Å². The van der Waals surface area contributed by atoms with Crippen LogP contribution in [0.3, 0.4) is 0 Å². The van der Waals surface area contributed by atoms with Crippen LogP contribution in [-0.2, 0) is 9.59 Å². The Labute approximate surface area is 147 Å². The van der Waals surface area contributed by atoms with Crippen LogP contribution in [0.4, 0.5) is 0 Å². The van der Waals surface area contributed by atoms with Crippen LogP contribution in [0.1, 0.15) is 90.9 Å². The van der Waals surface area contributed by atoms with Gasteiger partial charge in [-0.05, 0) is 12.8 Å². The van der Waals surface area contributed by atoms with E-state index in [0.717, 1.165) is 25.7 Å². The highest BCUT2D eigenvalue weighted by atomic mass is 16.4. The number of rotatable bonds is 16. The maximum atomic E-state index is 12.3. The van der Waals surface area contributed by atoms with E-state index in [4.69, 9.17) is 5.11 Å². The number of carbonyl (C=O) groups excluding carboxylic acids is 1. The summed E-state index contributed by atoms with van der Waals surface area (Å²) in [5, 5.41) is 18.3. The fourth-order valence-corrected chi connectivity index (χ4v) is 2.96. The van der Waals surface area contributed by atoms with Gasteiger partial charge in [0, 0.05) is 26.0 Å². The van der Waals surface area contributed by atoms with Crippen molar-refractivity contribution in [3.05, 3.63) is 0 Å². The van der Waals surface area contributed by atoms with Gasteiger partial charge in [0.15, 0.2) is 0 Å². The van der Waals surface area contributed by atoms with Crippen LogP contribution in [-0.4, -0.2) is 46.2 Å². The fourth-order valence-electron chi connectivity index (χ4n) is 2.96. The molecule has 5 heteroatoms. The Hall–Kier alpha value is -1.10. The predicted molar refractivity (Wildman–Crippen MR) is 97.0 cm³/mol. The van der Waals surface area contributed by atoms with Gasteiger partial charge in [0.2, 0.25) is 5.91 Å². The molecule has 0 aliphatic heterocycles. The van der Waals surface area contributed by atoms with Crippen molar-refractivity contribution >= 4 is 11.9 Å². The second-order valence-electron chi connectivity index (χ2n) is 6.53. The molecule has 1 amide bonds. The van der Waals surface area contributed by atoms with Gasteiger partial charge in [-0.25, -0.2) is 4.79 Å². The molecule has 5 nitrogen and oxygen atoms in total. The molecule has 1 atom stereocenters. The highest BCUT2D eigenvalue weighted by Crippen LogP contribution is 2.13. The Balaban J connectivity index is 4.04. The number of hydrogen-bond acceptors (Lipinski definition) is 3. The molecule has 0 rings (SSSR count). The molecule has 0 bridgehead atoms. The second kappa shape index (κ2) is 15.4. The molecule has 0 radical (unpaired) electrons.